The van der Waals surface area contributed by atoms with Gasteiger partial charge in [0.05, 0.1) is 6.04 Å². The number of aromatic nitrogens is 2. The lowest BCUT2D eigenvalue weighted by Crippen LogP contribution is -2.21. The van der Waals surface area contributed by atoms with Crippen LogP contribution in [0.3, 0.4) is 0 Å². The zero-order chi connectivity index (χ0) is 11.1. The Labute approximate surface area is 92.4 Å². The number of rotatable bonds is 1. The minimum Gasteiger partial charge on any atom is -0.381 e. The first-order valence-electron chi connectivity index (χ1n) is 5.87. The maximum atomic E-state index is 5.30. The van der Waals surface area contributed by atoms with Gasteiger partial charge in [-0.25, -0.2) is 0 Å². The lowest BCUT2D eigenvalue weighted by atomic mass is 10.1. The van der Waals surface area contributed by atoms with Crippen molar-refractivity contribution in [2.24, 2.45) is 0 Å². The fourth-order valence-electron chi connectivity index (χ4n) is 1.69. The van der Waals surface area contributed by atoms with Gasteiger partial charge in [0.2, 0.25) is 0 Å². The molecule has 1 fully saturated rings. The maximum Gasteiger partial charge on any atom is 0.0566 e. The van der Waals surface area contributed by atoms with Crippen molar-refractivity contribution < 1.29 is 4.74 Å². The summed E-state index contributed by atoms with van der Waals surface area (Å²) in [4.78, 5) is 0. The second kappa shape index (κ2) is 6.62. The Balaban J connectivity index is 0.000000337. The van der Waals surface area contributed by atoms with Gasteiger partial charge in [0.15, 0.2) is 0 Å². The molecule has 1 aliphatic heterocycles. The van der Waals surface area contributed by atoms with Crippen molar-refractivity contribution in [3.63, 3.8) is 0 Å². The third-order valence-corrected chi connectivity index (χ3v) is 2.40. The molecule has 0 aromatic carbocycles. The van der Waals surface area contributed by atoms with E-state index in [9.17, 15) is 0 Å². The molecule has 0 atom stereocenters. The quantitative estimate of drug-likeness (QED) is 0.712. The normalized spacial score (nSPS) is 17.0. The molecule has 0 amide bonds. The molecule has 2 rings (SSSR count). The molecule has 0 aliphatic carbocycles. The predicted octanol–water partition coefficient (Wildman–Crippen LogP) is 2.96. The Hall–Kier alpha value is -0.830. The molecule has 0 spiro atoms. The van der Waals surface area contributed by atoms with Crippen LogP contribution in [0.5, 0.6) is 0 Å². The van der Waals surface area contributed by atoms with Crippen LogP contribution in [0.4, 0.5) is 0 Å². The maximum absolute atomic E-state index is 5.30. The third kappa shape index (κ3) is 3.67. The summed E-state index contributed by atoms with van der Waals surface area (Å²) in [5.74, 6) is 0. The molecule has 2 heterocycles. The SMILES string of the molecule is CCC.Cc1ccnn1C1CCOCC1. The Morgan fingerprint density at radius 3 is 2.47 bits per heavy atom. The van der Waals surface area contributed by atoms with Gasteiger partial charge in [-0.1, -0.05) is 20.3 Å². The van der Waals surface area contributed by atoms with Crippen LogP contribution >= 0.6 is 0 Å². The van der Waals surface area contributed by atoms with Gasteiger partial charge < -0.3 is 4.74 Å². The van der Waals surface area contributed by atoms with Gasteiger partial charge in [-0.2, -0.15) is 5.10 Å². The van der Waals surface area contributed by atoms with Gasteiger partial charge in [0, 0.05) is 25.1 Å². The van der Waals surface area contributed by atoms with Crippen LogP contribution in [0, 0.1) is 6.92 Å². The van der Waals surface area contributed by atoms with Crippen molar-refractivity contribution in [3.8, 4) is 0 Å². The van der Waals surface area contributed by atoms with Crippen LogP contribution in [0.15, 0.2) is 12.3 Å². The highest BCUT2D eigenvalue weighted by atomic mass is 16.5. The molecule has 0 N–H and O–H groups in total. The molecule has 1 saturated heterocycles. The lowest BCUT2D eigenvalue weighted by molar-refractivity contribution is 0.0657. The molecular formula is C12H22N2O. The van der Waals surface area contributed by atoms with Crippen LogP contribution in [0.25, 0.3) is 0 Å². The number of ether oxygens (including phenoxy) is 1. The predicted molar refractivity (Wildman–Crippen MR) is 62.0 cm³/mol. The number of aryl methyl sites for hydroxylation is 1. The standard InChI is InChI=1S/C9H14N2O.C3H8/c1-8-2-5-10-11(8)9-3-6-12-7-4-9;1-3-2/h2,5,9H,3-4,6-7H2,1H3;3H2,1-2H3. The summed E-state index contributed by atoms with van der Waals surface area (Å²) in [6.45, 7) is 8.11. The van der Waals surface area contributed by atoms with Crippen LogP contribution < -0.4 is 0 Å². The molecule has 0 saturated carbocycles. The Bertz CT molecular complexity index is 264. The van der Waals surface area contributed by atoms with E-state index in [1.165, 1.54) is 12.1 Å². The summed E-state index contributed by atoms with van der Waals surface area (Å²) in [5, 5.41) is 4.30. The minimum atomic E-state index is 0.564. The van der Waals surface area contributed by atoms with E-state index in [2.05, 4.69) is 36.6 Å². The van der Waals surface area contributed by atoms with Crippen molar-refractivity contribution in [2.75, 3.05) is 13.2 Å². The van der Waals surface area contributed by atoms with E-state index in [4.69, 9.17) is 4.74 Å². The van der Waals surface area contributed by atoms with Crippen LogP contribution in [-0.2, 0) is 4.74 Å². The highest BCUT2D eigenvalue weighted by molar-refractivity contribution is 4.98. The molecular weight excluding hydrogens is 188 g/mol. The van der Waals surface area contributed by atoms with Crippen LogP contribution in [0.1, 0.15) is 44.8 Å². The first kappa shape index (κ1) is 12.2. The van der Waals surface area contributed by atoms with E-state index in [0.29, 0.717) is 6.04 Å². The second-order valence-corrected chi connectivity index (χ2v) is 3.97. The molecule has 1 aliphatic rings. The van der Waals surface area contributed by atoms with Gasteiger partial charge in [-0.15, -0.1) is 0 Å². The molecule has 15 heavy (non-hydrogen) atoms. The van der Waals surface area contributed by atoms with Gasteiger partial charge in [-0.05, 0) is 25.8 Å². The summed E-state index contributed by atoms with van der Waals surface area (Å²) in [6, 6.07) is 2.61. The lowest BCUT2D eigenvalue weighted by Gasteiger charge is -2.23. The van der Waals surface area contributed by atoms with Crippen LogP contribution in [0.2, 0.25) is 0 Å². The van der Waals surface area contributed by atoms with E-state index in [0.717, 1.165) is 26.1 Å². The smallest absolute Gasteiger partial charge is 0.0566 e. The summed E-state index contributed by atoms with van der Waals surface area (Å²) in [7, 11) is 0. The zero-order valence-electron chi connectivity index (χ0n) is 10.1. The molecule has 1 aromatic rings. The molecule has 0 bridgehead atoms. The van der Waals surface area contributed by atoms with Crippen molar-refractivity contribution in [3.05, 3.63) is 18.0 Å². The fraction of sp³-hybridized carbons (Fsp3) is 0.750. The second-order valence-electron chi connectivity index (χ2n) is 3.97. The molecule has 0 unspecified atom stereocenters. The van der Waals surface area contributed by atoms with E-state index in [1.807, 2.05) is 6.20 Å². The van der Waals surface area contributed by atoms with E-state index >= 15 is 0 Å². The van der Waals surface area contributed by atoms with Crippen molar-refractivity contribution in [1.82, 2.24) is 9.78 Å². The van der Waals surface area contributed by atoms with E-state index in [1.54, 1.807) is 0 Å². The summed E-state index contributed by atoms with van der Waals surface area (Å²) in [6.07, 6.45) is 5.32. The molecule has 0 radical (unpaired) electrons. The van der Waals surface area contributed by atoms with Crippen molar-refractivity contribution >= 4 is 0 Å². The van der Waals surface area contributed by atoms with Crippen LogP contribution in [-0.4, -0.2) is 23.0 Å². The Morgan fingerprint density at radius 2 is 2.00 bits per heavy atom. The van der Waals surface area contributed by atoms with Gasteiger partial charge in [-0.3, -0.25) is 4.68 Å². The summed E-state index contributed by atoms with van der Waals surface area (Å²) in [5.41, 5.74) is 1.25. The Morgan fingerprint density at radius 1 is 1.40 bits per heavy atom. The van der Waals surface area contributed by atoms with Gasteiger partial charge in [0.25, 0.3) is 0 Å². The number of hydrogen-bond donors (Lipinski definition) is 0. The third-order valence-electron chi connectivity index (χ3n) is 2.40. The monoisotopic (exact) mass is 210 g/mol. The minimum absolute atomic E-state index is 0.564. The first-order chi connectivity index (χ1) is 7.29. The average Bonchev–Trinajstić information content (AvgIpc) is 2.67. The molecule has 3 heteroatoms. The summed E-state index contributed by atoms with van der Waals surface area (Å²) >= 11 is 0. The largest absolute Gasteiger partial charge is 0.381 e. The average molecular weight is 210 g/mol. The molecule has 1 aromatic heterocycles. The number of hydrogen-bond acceptors (Lipinski definition) is 2. The highest BCUT2D eigenvalue weighted by Gasteiger charge is 2.16. The number of nitrogens with zero attached hydrogens (tertiary/aromatic N) is 2. The van der Waals surface area contributed by atoms with E-state index < -0.39 is 0 Å². The highest BCUT2D eigenvalue weighted by Crippen LogP contribution is 2.20. The Kier molecular flexibility index (Phi) is 5.40. The van der Waals surface area contributed by atoms with Crippen molar-refractivity contribution in [2.45, 2.75) is 46.1 Å². The van der Waals surface area contributed by atoms with Crippen molar-refractivity contribution in [1.29, 1.82) is 0 Å². The fourth-order valence-corrected chi connectivity index (χ4v) is 1.69. The summed E-state index contributed by atoms with van der Waals surface area (Å²) < 4.78 is 7.41. The first-order valence-corrected chi connectivity index (χ1v) is 5.87. The molecule has 86 valence electrons. The zero-order valence-corrected chi connectivity index (χ0v) is 10.1. The van der Waals surface area contributed by atoms with Gasteiger partial charge in [0.1, 0.15) is 0 Å². The molecule has 3 nitrogen and oxygen atoms in total. The van der Waals surface area contributed by atoms with E-state index in [-0.39, 0.29) is 0 Å². The van der Waals surface area contributed by atoms with Gasteiger partial charge >= 0.3 is 0 Å². The topological polar surface area (TPSA) is 27.1 Å².